The van der Waals surface area contributed by atoms with E-state index in [1.54, 1.807) is 0 Å². The van der Waals surface area contributed by atoms with Crippen molar-refractivity contribution in [3.63, 3.8) is 0 Å². The monoisotopic (exact) mass is 256 g/mol. The molecule has 0 radical (unpaired) electrons. The van der Waals surface area contributed by atoms with E-state index in [1.807, 2.05) is 48.5 Å². The lowest BCUT2D eigenvalue weighted by Crippen LogP contribution is -1.98. The van der Waals surface area contributed by atoms with E-state index in [4.69, 9.17) is 11.6 Å². The molecule has 0 saturated carbocycles. The molecule has 0 atom stereocenters. The molecule has 0 aliphatic rings. The van der Waals surface area contributed by atoms with E-state index in [2.05, 4.69) is 20.7 Å². The molecule has 0 aliphatic carbocycles. The molecule has 3 rings (SSSR count). The van der Waals surface area contributed by atoms with Crippen molar-refractivity contribution in [2.75, 3.05) is 5.32 Å². The summed E-state index contributed by atoms with van der Waals surface area (Å²) >= 11 is 5.84. The minimum Gasteiger partial charge on any atom is -0.338 e. The lowest BCUT2D eigenvalue weighted by atomic mass is 10.2. The number of aromatic nitrogens is 3. The Balaban J connectivity index is 2.02. The van der Waals surface area contributed by atoms with Gasteiger partial charge in [0.15, 0.2) is 5.82 Å². The quantitative estimate of drug-likeness (QED) is 0.763. The third-order valence-corrected chi connectivity index (χ3v) is 2.82. The first kappa shape index (κ1) is 10.9. The molecule has 88 valence electrons. The highest BCUT2D eigenvalue weighted by Crippen LogP contribution is 2.22. The number of fused-ring (bicyclic) bond motifs is 1. The zero-order valence-electron chi connectivity index (χ0n) is 9.34. The summed E-state index contributed by atoms with van der Waals surface area (Å²) in [6.45, 7) is 0. The number of rotatable bonds is 2. The molecule has 0 bridgehead atoms. The highest BCUT2D eigenvalue weighted by Gasteiger charge is 2.04. The second-order valence-corrected chi connectivity index (χ2v) is 4.22. The zero-order chi connectivity index (χ0) is 12.4. The van der Waals surface area contributed by atoms with E-state index in [0.29, 0.717) is 10.8 Å². The van der Waals surface area contributed by atoms with Gasteiger partial charge in [-0.05, 0) is 41.6 Å². The van der Waals surface area contributed by atoms with Crippen LogP contribution in [0.5, 0.6) is 0 Å². The van der Waals surface area contributed by atoms with Crippen LogP contribution in [0.15, 0.2) is 48.5 Å². The number of anilines is 2. The second kappa shape index (κ2) is 4.58. The smallest absolute Gasteiger partial charge is 0.164 e. The van der Waals surface area contributed by atoms with Gasteiger partial charge in [-0.3, -0.25) is 0 Å². The predicted molar refractivity (Wildman–Crippen MR) is 72.1 cm³/mol. The number of halogens is 1. The van der Waals surface area contributed by atoms with Crippen LogP contribution in [0.2, 0.25) is 5.02 Å². The van der Waals surface area contributed by atoms with Gasteiger partial charge in [0.1, 0.15) is 0 Å². The van der Waals surface area contributed by atoms with Gasteiger partial charge in [-0.1, -0.05) is 23.7 Å². The van der Waals surface area contributed by atoms with Crippen LogP contribution in [0.4, 0.5) is 11.5 Å². The van der Waals surface area contributed by atoms with E-state index in [0.717, 1.165) is 16.6 Å². The van der Waals surface area contributed by atoms with Crippen molar-refractivity contribution in [1.29, 1.82) is 0 Å². The van der Waals surface area contributed by atoms with Crippen molar-refractivity contribution in [3.05, 3.63) is 53.6 Å². The van der Waals surface area contributed by atoms with Crippen LogP contribution < -0.4 is 5.32 Å². The van der Waals surface area contributed by atoms with Gasteiger partial charge < -0.3 is 5.32 Å². The Morgan fingerprint density at radius 1 is 0.889 bits per heavy atom. The van der Waals surface area contributed by atoms with Crippen LogP contribution in [0.1, 0.15) is 0 Å². The van der Waals surface area contributed by atoms with Crippen LogP contribution in [0.3, 0.4) is 0 Å². The van der Waals surface area contributed by atoms with Crippen molar-refractivity contribution in [2.45, 2.75) is 0 Å². The van der Waals surface area contributed by atoms with Crippen molar-refractivity contribution in [1.82, 2.24) is 15.4 Å². The number of nitrogens with zero attached hydrogens (tertiary/aromatic N) is 3. The van der Waals surface area contributed by atoms with Crippen molar-refractivity contribution in [3.8, 4) is 0 Å². The van der Waals surface area contributed by atoms with E-state index in [1.165, 1.54) is 0 Å². The molecule has 5 heteroatoms. The van der Waals surface area contributed by atoms with Gasteiger partial charge in [-0.15, -0.1) is 10.2 Å². The number of hydrogen-bond acceptors (Lipinski definition) is 4. The van der Waals surface area contributed by atoms with Gasteiger partial charge in [0, 0.05) is 16.1 Å². The fraction of sp³-hybridized carbons (Fsp3) is 0. The van der Waals surface area contributed by atoms with Crippen molar-refractivity contribution >= 4 is 34.0 Å². The highest BCUT2D eigenvalue weighted by molar-refractivity contribution is 6.30. The maximum absolute atomic E-state index is 5.84. The Kier molecular flexibility index (Phi) is 2.78. The van der Waals surface area contributed by atoms with Gasteiger partial charge >= 0.3 is 0 Å². The molecule has 18 heavy (non-hydrogen) atoms. The number of hydrogen-bond donors (Lipinski definition) is 1. The summed E-state index contributed by atoms with van der Waals surface area (Å²) in [5, 5.41) is 16.6. The molecule has 1 N–H and O–H groups in total. The fourth-order valence-electron chi connectivity index (χ4n) is 1.69. The molecule has 1 aromatic heterocycles. The molecule has 0 saturated heterocycles. The standard InChI is InChI=1S/C13H9ClN4/c14-9-5-7-10(8-6-9)15-13-11-3-1-2-4-12(11)16-18-17-13/h1-8H,(H,15,16,17). The van der Waals surface area contributed by atoms with Crippen molar-refractivity contribution in [2.24, 2.45) is 0 Å². The van der Waals surface area contributed by atoms with Crippen LogP contribution in [0, 0.1) is 0 Å². The molecule has 4 nitrogen and oxygen atoms in total. The number of benzene rings is 2. The summed E-state index contributed by atoms with van der Waals surface area (Å²) < 4.78 is 0. The number of nitrogens with one attached hydrogen (secondary N) is 1. The summed E-state index contributed by atoms with van der Waals surface area (Å²) in [5.74, 6) is 0.683. The molecular formula is C13H9ClN4. The van der Waals surface area contributed by atoms with E-state index >= 15 is 0 Å². The summed E-state index contributed by atoms with van der Waals surface area (Å²) in [4.78, 5) is 0. The van der Waals surface area contributed by atoms with Gasteiger partial charge in [-0.25, -0.2) is 0 Å². The average molecular weight is 257 g/mol. The lowest BCUT2D eigenvalue weighted by Gasteiger charge is -2.06. The van der Waals surface area contributed by atoms with Crippen molar-refractivity contribution < 1.29 is 0 Å². The lowest BCUT2D eigenvalue weighted by molar-refractivity contribution is 0.900. The first-order valence-electron chi connectivity index (χ1n) is 5.43. The Morgan fingerprint density at radius 3 is 2.50 bits per heavy atom. The first-order valence-corrected chi connectivity index (χ1v) is 5.81. The summed E-state index contributed by atoms with van der Waals surface area (Å²) in [6.07, 6.45) is 0. The third-order valence-electron chi connectivity index (χ3n) is 2.56. The van der Waals surface area contributed by atoms with Gasteiger partial charge in [0.25, 0.3) is 0 Å². The minimum atomic E-state index is 0.683. The molecule has 0 aliphatic heterocycles. The van der Waals surface area contributed by atoms with Crippen LogP contribution in [0.25, 0.3) is 10.9 Å². The van der Waals surface area contributed by atoms with Crippen LogP contribution >= 0.6 is 11.6 Å². The van der Waals surface area contributed by atoms with E-state index in [9.17, 15) is 0 Å². The van der Waals surface area contributed by atoms with Crippen LogP contribution in [-0.4, -0.2) is 15.4 Å². The molecule has 0 fully saturated rings. The summed E-state index contributed by atoms with van der Waals surface area (Å²) in [6, 6.07) is 15.1. The zero-order valence-corrected chi connectivity index (χ0v) is 10.1. The topological polar surface area (TPSA) is 50.7 Å². The summed E-state index contributed by atoms with van der Waals surface area (Å²) in [7, 11) is 0. The maximum Gasteiger partial charge on any atom is 0.164 e. The Labute approximate surface area is 109 Å². The highest BCUT2D eigenvalue weighted by atomic mass is 35.5. The van der Waals surface area contributed by atoms with Gasteiger partial charge in [-0.2, -0.15) is 0 Å². The summed E-state index contributed by atoms with van der Waals surface area (Å²) in [5.41, 5.74) is 1.72. The first-order chi connectivity index (χ1) is 8.83. The van der Waals surface area contributed by atoms with Crippen LogP contribution in [-0.2, 0) is 0 Å². The molecule has 2 aromatic carbocycles. The SMILES string of the molecule is Clc1ccc(Nc2nnnc3ccccc23)cc1. The molecule has 3 aromatic rings. The maximum atomic E-state index is 5.84. The average Bonchev–Trinajstić information content (AvgIpc) is 2.42. The largest absolute Gasteiger partial charge is 0.338 e. The van der Waals surface area contributed by atoms with Gasteiger partial charge in [0.2, 0.25) is 0 Å². The Hall–Kier alpha value is -2.20. The minimum absolute atomic E-state index is 0.683. The molecule has 0 unspecified atom stereocenters. The molecule has 1 heterocycles. The normalized spacial score (nSPS) is 10.5. The third kappa shape index (κ3) is 2.10. The fourth-order valence-corrected chi connectivity index (χ4v) is 1.82. The molecular weight excluding hydrogens is 248 g/mol. The second-order valence-electron chi connectivity index (χ2n) is 3.79. The molecule has 0 amide bonds. The molecule has 0 spiro atoms. The Morgan fingerprint density at radius 2 is 1.67 bits per heavy atom. The predicted octanol–water partition coefficient (Wildman–Crippen LogP) is 3.42. The van der Waals surface area contributed by atoms with E-state index in [-0.39, 0.29) is 0 Å². The van der Waals surface area contributed by atoms with Gasteiger partial charge in [0.05, 0.1) is 5.52 Å². The van der Waals surface area contributed by atoms with E-state index < -0.39 is 0 Å². The Bertz CT molecular complexity index is 677.